The number of carboxylic acid groups (broad SMARTS) is 1. The van der Waals surface area contributed by atoms with Gasteiger partial charge in [0.25, 0.3) is 0 Å². The number of nitrogens with zero attached hydrogens (tertiary/aromatic N) is 4. The number of anilines is 1. The van der Waals surface area contributed by atoms with E-state index in [4.69, 9.17) is 9.90 Å². The Hall–Kier alpha value is -2.95. The quantitative estimate of drug-likeness (QED) is 0.761. The Balaban J connectivity index is 0.000000318. The molecule has 2 aliphatic rings. The van der Waals surface area contributed by atoms with Crippen LogP contribution in [0, 0.1) is 5.82 Å². The van der Waals surface area contributed by atoms with Gasteiger partial charge in [-0.25, -0.2) is 9.18 Å². The molecule has 1 aromatic carbocycles. The molecule has 3 heterocycles. The predicted molar refractivity (Wildman–Crippen MR) is 98.0 cm³/mol. The fourth-order valence-electron chi connectivity index (χ4n) is 3.86. The SMILES string of the molecule is Cn1cc(N2C(=O)C[C@H]3[C@H]2CCN3Cc2cccc(F)c2)cn1.O=C(O)C(F)(F)F. The van der Waals surface area contributed by atoms with Crippen LogP contribution in [0.15, 0.2) is 36.7 Å². The van der Waals surface area contributed by atoms with Crippen LogP contribution >= 0.6 is 0 Å². The van der Waals surface area contributed by atoms with Crippen LogP contribution in [0.1, 0.15) is 18.4 Å². The van der Waals surface area contributed by atoms with Gasteiger partial charge in [0.2, 0.25) is 5.91 Å². The molecule has 1 aromatic heterocycles. The molecule has 2 fully saturated rings. The van der Waals surface area contributed by atoms with Crippen molar-refractivity contribution in [2.45, 2.75) is 37.6 Å². The molecule has 0 bridgehead atoms. The number of carbonyl (C=O) groups is 2. The molecule has 0 spiro atoms. The number of fused-ring (bicyclic) bond motifs is 1. The Bertz CT molecular complexity index is 930. The molecule has 30 heavy (non-hydrogen) atoms. The molecule has 0 saturated carbocycles. The first-order chi connectivity index (χ1) is 14.1. The second kappa shape index (κ2) is 8.42. The van der Waals surface area contributed by atoms with E-state index in [-0.39, 0.29) is 23.8 Å². The Morgan fingerprint density at radius 2 is 2.00 bits per heavy atom. The predicted octanol–water partition coefficient (Wildman–Crippen LogP) is 2.57. The maximum Gasteiger partial charge on any atom is 0.490 e. The topological polar surface area (TPSA) is 78.7 Å². The van der Waals surface area contributed by atoms with Crippen molar-refractivity contribution in [2.24, 2.45) is 7.05 Å². The van der Waals surface area contributed by atoms with Crippen LogP contribution in [0.4, 0.5) is 23.2 Å². The summed E-state index contributed by atoms with van der Waals surface area (Å²) in [6, 6.07) is 7.10. The van der Waals surface area contributed by atoms with E-state index < -0.39 is 12.1 Å². The largest absolute Gasteiger partial charge is 0.490 e. The van der Waals surface area contributed by atoms with Gasteiger partial charge in [-0.2, -0.15) is 18.3 Å². The van der Waals surface area contributed by atoms with Crippen molar-refractivity contribution in [3.63, 3.8) is 0 Å². The zero-order valence-electron chi connectivity index (χ0n) is 16.0. The Labute approximate surface area is 169 Å². The normalized spacial score (nSPS) is 21.4. The molecule has 162 valence electrons. The monoisotopic (exact) mass is 428 g/mol. The standard InChI is InChI=1S/C17H19FN4O.C2HF3O2/c1-20-11-14(9-19-20)22-15-5-6-21(16(15)8-17(22)23)10-12-3-2-4-13(18)7-12;3-2(4,5)1(6)7/h2-4,7,9,11,15-16H,5-6,8,10H2,1H3;(H,6,7)/t15-,16+;/m1./s1. The van der Waals surface area contributed by atoms with Crippen LogP contribution in [-0.4, -0.2) is 56.5 Å². The van der Waals surface area contributed by atoms with Gasteiger partial charge in [0.1, 0.15) is 5.82 Å². The van der Waals surface area contributed by atoms with E-state index >= 15 is 0 Å². The molecule has 4 rings (SSSR count). The van der Waals surface area contributed by atoms with Crippen LogP contribution in [-0.2, 0) is 23.2 Å². The number of benzene rings is 1. The van der Waals surface area contributed by atoms with Crippen molar-refractivity contribution in [2.75, 3.05) is 11.4 Å². The fourth-order valence-corrected chi connectivity index (χ4v) is 3.86. The third kappa shape index (κ3) is 4.78. The zero-order valence-corrected chi connectivity index (χ0v) is 16.0. The number of hydrogen-bond donors (Lipinski definition) is 1. The van der Waals surface area contributed by atoms with E-state index in [1.165, 1.54) is 6.07 Å². The molecule has 2 aromatic rings. The van der Waals surface area contributed by atoms with Gasteiger partial charge in [-0.05, 0) is 24.1 Å². The first-order valence-electron chi connectivity index (χ1n) is 9.15. The molecule has 0 unspecified atom stereocenters. The lowest BCUT2D eigenvalue weighted by molar-refractivity contribution is -0.192. The number of halogens is 4. The smallest absolute Gasteiger partial charge is 0.475 e. The number of carboxylic acids is 1. The summed E-state index contributed by atoms with van der Waals surface area (Å²) >= 11 is 0. The number of amides is 1. The van der Waals surface area contributed by atoms with E-state index in [0.29, 0.717) is 13.0 Å². The van der Waals surface area contributed by atoms with Crippen molar-refractivity contribution in [3.05, 3.63) is 48.0 Å². The molecule has 2 saturated heterocycles. The lowest BCUT2D eigenvalue weighted by atomic mass is 10.1. The van der Waals surface area contributed by atoms with Gasteiger partial charge >= 0.3 is 12.1 Å². The average molecular weight is 428 g/mol. The summed E-state index contributed by atoms with van der Waals surface area (Å²) in [7, 11) is 1.85. The van der Waals surface area contributed by atoms with Gasteiger partial charge in [0.05, 0.1) is 17.9 Å². The van der Waals surface area contributed by atoms with Crippen LogP contribution in [0.2, 0.25) is 0 Å². The van der Waals surface area contributed by atoms with E-state index in [1.807, 2.05) is 24.2 Å². The number of aromatic nitrogens is 2. The highest BCUT2D eigenvalue weighted by atomic mass is 19.4. The third-order valence-electron chi connectivity index (χ3n) is 5.10. The molecular weight excluding hydrogens is 408 g/mol. The number of aliphatic carboxylic acids is 1. The Kier molecular flexibility index (Phi) is 6.11. The minimum absolute atomic E-state index is 0.150. The summed E-state index contributed by atoms with van der Waals surface area (Å²) < 4.78 is 46.8. The summed E-state index contributed by atoms with van der Waals surface area (Å²) in [5.41, 5.74) is 1.83. The molecular formula is C19H20F4N4O3. The molecule has 1 amide bonds. The highest BCUT2D eigenvalue weighted by Gasteiger charge is 2.47. The fraction of sp³-hybridized carbons (Fsp3) is 0.421. The number of carbonyl (C=O) groups excluding carboxylic acids is 1. The van der Waals surface area contributed by atoms with Gasteiger partial charge < -0.3 is 10.0 Å². The van der Waals surface area contributed by atoms with Crippen molar-refractivity contribution >= 4 is 17.6 Å². The molecule has 0 radical (unpaired) electrons. The van der Waals surface area contributed by atoms with E-state index in [2.05, 4.69) is 10.00 Å². The maximum absolute atomic E-state index is 13.4. The van der Waals surface area contributed by atoms with Crippen LogP contribution in [0.5, 0.6) is 0 Å². The minimum Gasteiger partial charge on any atom is -0.475 e. The molecule has 7 nitrogen and oxygen atoms in total. The number of alkyl halides is 3. The van der Waals surface area contributed by atoms with Gasteiger partial charge in [0.15, 0.2) is 0 Å². The molecule has 0 aliphatic carbocycles. The van der Waals surface area contributed by atoms with Gasteiger partial charge in [0, 0.05) is 38.8 Å². The number of aryl methyl sites for hydroxylation is 1. The van der Waals surface area contributed by atoms with Crippen molar-refractivity contribution in [3.8, 4) is 0 Å². The zero-order chi connectivity index (χ0) is 22.1. The summed E-state index contributed by atoms with van der Waals surface area (Å²) in [6.45, 7) is 1.61. The van der Waals surface area contributed by atoms with Crippen LogP contribution < -0.4 is 4.90 Å². The lowest BCUT2D eigenvalue weighted by Crippen LogP contribution is -2.37. The summed E-state index contributed by atoms with van der Waals surface area (Å²) in [6.07, 6.45) is 0.0144. The van der Waals surface area contributed by atoms with Gasteiger partial charge in [-0.3, -0.25) is 14.4 Å². The molecule has 1 N–H and O–H groups in total. The van der Waals surface area contributed by atoms with Crippen LogP contribution in [0.3, 0.4) is 0 Å². The minimum atomic E-state index is -5.08. The highest BCUT2D eigenvalue weighted by molar-refractivity contribution is 5.97. The Morgan fingerprint density at radius 1 is 1.30 bits per heavy atom. The lowest BCUT2D eigenvalue weighted by Gasteiger charge is -2.24. The van der Waals surface area contributed by atoms with Crippen LogP contribution in [0.25, 0.3) is 0 Å². The second-order valence-electron chi connectivity index (χ2n) is 7.17. The number of likely N-dealkylation sites (tertiary alicyclic amines) is 1. The second-order valence-corrected chi connectivity index (χ2v) is 7.17. The van der Waals surface area contributed by atoms with E-state index in [0.717, 1.165) is 24.2 Å². The summed E-state index contributed by atoms with van der Waals surface area (Å²) in [4.78, 5) is 25.5. The van der Waals surface area contributed by atoms with Crippen molar-refractivity contribution < 1.29 is 32.3 Å². The van der Waals surface area contributed by atoms with Crippen molar-refractivity contribution in [1.82, 2.24) is 14.7 Å². The maximum atomic E-state index is 13.4. The summed E-state index contributed by atoms with van der Waals surface area (Å²) in [5, 5.41) is 11.3. The van der Waals surface area contributed by atoms with Gasteiger partial charge in [-0.1, -0.05) is 12.1 Å². The third-order valence-corrected chi connectivity index (χ3v) is 5.10. The highest BCUT2D eigenvalue weighted by Crippen LogP contribution is 2.36. The van der Waals surface area contributed by atoms with Gasteiger partial charge in [-0.15, -0.1) is 0 Å². The molecule has 2 aliphatic heterocycles. The number of hydrogen-bond acceptors (Lipinski definition) is 4. The summed E-state index contributed by atoms with van der Waals surface area (Å²) in [5.74, 6) is -2.82. The molecule has 11 heteroatoms. The average Bonchev–Trinajstić information content (AvgIpc) is 3.31. The number of rotatable bonds is 3. The molecule has 2 atom stereocenters. The van der Waals surface area contributed by atoms with E-state index in [1.54, 1.807) is 23.0 Å². The first-order valence-corrected chi connectivity index (χ1v) is 9.15. The van der Waals surface area contributed by atoms with E-state index in [9.17, 15) is 22.4 Å². The first kappa shape index (κ1) is 21.8. The van der Waals surface area contributed by atoms with Crippen molar-refractivity contribution in [1.29, 1.82) is 0 Å². The Morgan fingerprint density at radius 3 is 2.57 bits per heavy atom.